The van der Waals surface area contributed by atoms with E-state index < -0.39 is 0 Å². The van der Waals surface area contributed by atoms with Crippen LogP contribution >= 0.6 is 11.8 Å². The van der Waals surface area contributed by atoms with Crippen molar-refractivity contribution < 1.29 is 14.3 Å². The number of carbonyl (C=O) groups is 1. The summed E-state index contributed by atoms with van der Waals surface area (Å²) in [5.41, 5.74) is 1.77. The standard InChI is InChI=1S/C25H28N2O3S/c1-3-30-21-15-14-18(16-22(21)29-2)17-23-24(28)27(20-12-8-5-9-13-20)25(31-23)26-19-10-6-4-7-11-19/h4,6-7,10-11,14-17,20H,3,5,8-9,12-13H2,1-2H3. The smallest absolute Gasteiger partial charge is 0.267 e. The van der Waals surface area contributed by atoms with Crippen LogP contribution in [0.2, 0.25) is 0 Å². The predicted molar refractivity (Wildman–Crippen MR) is 127 cm³/mol. The van der Waals surface area contributed by atoms with Gasteiger partial charge in [0.05, 0.1) is 24.3 Å². The van der Waals surface area contributed by atoms with Crippen LogP contribution in [0.15, 0.2) is 58.4 Å². The zero-order chi connectivity index (χ0) is 21.6. The molecule has 2 aromatic carbocycles. The average molecular weight is 437 g/mol. The third-order valence-electron chi connectivity index (χ3n) is 5.54. The fourth-order valence-corrected chi connectivity index (χ4v) is 5.10. The molecule has 1 aliphatic heterocycles. The Hall–Kier alpha value is -2.73. The van der Waals surface area contributed by atoms with Gasteiger partial charge in [-0.1, -0.05) is 43.5 Å². The molecule has 31 heavy (non-hydrogen) atoms. The van der Waals surface area contributed by atoms with Crippen molar-refractivity contribution in [2.75, 3.05) is 13.7 Å². The first-order valence-corrected chi connectivity index (χ1v) is 11.7. The van der Waals surface area contributed by atoms with E-state index in [9.17, 15) is 4.79 Å². The second kappa shape index (κ2) is 10.1. The number of aliphatic imine (C=N–C) groups is 1. The van der Waals surface area contributed by atoms with Gasteiger partial charge >= 0.3 is 0 Å². The lowest BCUT2D eigenvalue weighted by Gasteiger charge is -2.30. The number of methoxy groups -OCH3 is 1. The lowest BCUT2D eigenvalue weighted by atomic mass is 9.94. The molecule has 0 aromatic heterocycles. The maximum atomic E-state index is 13.4. The maximum Gasteiger partial charge on any atom is 0.267 e. The molecule has 1 heterocycles. The van der Waals surface area contributed by atoms with E-state index in [4.69, 9.17) is 14.5 Å². The molecule has 0 N–H and O–H groups in total. The number of nitrogens with zero attached hydrogens (tertiary/aromatic N) is 2. The van der Waals surface area contributed by atoms with E-state index in [1.54, 1.807) is 7.11 Å². The molecular formula is C25H28N2O3S. The van der Waals surface area contributed by atoms with Crippen LogP contribution in [0.3, 0.4) is 0 Å². The van der Waals surface area contributed by atoms with Crippen molar-refractivity contribution in [1.29, 1.82) is 0 Å². The Balaban J connectivity index is 1.67. The SMILES string of the molecule is CCOc1ccc(C=C2SC(=Nc3ccccc3)N(C3CCCCC3)C2=O)cc1OC. The minimum Gasteiger partial charge on any atom is -0.493 e. The fraction of sp³-hybridized carbons (Fsp3) is 0.360. The van der Waals surface area contributed by atoms with Gasteiger partial charge in [-0.25, -0.2) is 4.99 Å². The van der Waals surface area contributed by atoms with Crippen molar-refractivity contribution >= 4 is 34.6 Å². The van der Waals surface area contributed by atoms with Crippen molar-refractivity contribution in [1.82, 2.24) is 4.90 Å². The Kier molecular flexibility index (Phi) is 6.97. The number of carbonyl (C=O) groups excluding carboxylic acids is 1. The number of hydrogen-bond donors (Lipinski definition) is 0. The summed E-state index contributed by atoms with van der Waals surface area (Å²) in [6.45, 7) is 2.51. The normalized spacial score (nSPS) is 19.9. The minimum absolute atomic E-state index is 0.0411. The van der Waals surface area contributed by atoms with Gasteiger partial charge in [0.25, 0.3) is 5.91 Å². The first kappa shape index (κ1) is 21.5. The van der Waals surface area contributed by atoms with Crippen LogP contribution in [-0.4, -0.2) is 35.7 Å². The summed E-state index contributed by atoms with van der Waals surface area (Å²) in [7, 11) is 1.62. The number of rotatable bonds is 6. The predicted octanol–water partition coefficient (Wildman–Crippen LogP) is 6.03. The van der Waals surface area contributed by atoms with Crippen LogP contribution in [0.4, 0.5) is 5.69 Å². The summed E-state index contributed by atoms with van der Waals surface area (Å²) in [6.07, 6.45) is 7.55. The Bertz CT molecular complexity index is 982. The van der Waals surface area contributed by atoms with Crippen molar-refractivity contribution in [3.05, 3.63) is 59.0 Å². The number of hydrogen-bond acceptors (Lipinski definition) is 5. The lowest BCUT2D eigenvalue weighted by molar-refractivity contribution is -0.124. The lowest BCUT2D eigenvalue weighted by Crippen LogP contribution is -2.40. The second-order valence-corrected chi connectivity index (χ2v) is 8.66. The zero-order valence-corrected chi connectivity index (χ0v) is 18.9. The highest BCUT2D eigenvalue weighted by Crippen LogP contribution is 2.39. The zero-order valence-electron chi connectivity index (χ0n) is 18.0. The number of thioether (sulfide) groups is 1. The molecular weight excluding hydrogens is 408 g/mol. The molecule has 2 fully saturated rings. The summed E-state index contributed by atoms with van der Waals surface area (Å²) >= 11 is 1.45. The van der Waals surface area contributed by atoms with E-state index in [-0.39, 0.29) is 11.9 Å². The van der Waals surface area contributed by atoms with Gasteiger partial charge in [-0.15, -0.1) is 0 Å². The Morgan fingerprint density at radius 3 is 2.58 bits per heavy atom. The first-order valence-electron chi connectivity index (χ1n) is 10.9. The van der Waals surface area contributed by atoms with Crippen LogP contribution < -0.4 is 9.47 Å². The highest BCUT2D eigenvalue weighted by molar-refractivity contribution is 8.18. The molecule has 0 bridgehead atoms. The number of amides is 1. The molecule has 1 saturated carbocycles. The number of benzene rings is 2. The molecule has 162 valence electrons. The molecule has 0 unspecified atom stereocenters. The van der Waals surface area contributed by atoms with E-state index in [2.05, 4.69) is 0 Å². The van der Waals surface area contributed by atoms with Crippen LogP contribution in [-0.2, 0) is 4.79 Å². The average Bonchev–Trinajstić information content (AvgIpc) is 3.10. The maximum absolute atomic E-state index is 13.4. The van der Waals surface area contributed by atoms with Gasteiger partial charge in [-0.3, -0.25) is 9.69 Å². The number of amidine groups is 1. The van der Waals surface area contributed by atoms with Gasteiger partial charge in [0, 0.05) is 6.04 Å². The summed E-state index contributed by atoms with van der Waals surface area (Å²) < 4.78 is 11.1. The van der Waals surface area contributed by atoms with Gasteiger partial charge in [-0.2, -0.15) is 0 Å². The quantitative estimate of drug-likeness (QED) is 0.519. The van der Waals surface area contributed by atoms with Crippen molar-refractivity contribution in [2.45, 2.75) is 45.1 Å². The molecule has 6 heteroatoms. The summed E-state index contributed by atoms with van der Waals surface area (Å²) in [6, 6.07) is 15.8. The number of para-hydroxylation sites is 1. The summed E-state index contributed by atoms with van der Waals surface area (Å²) in [5, 5.41) is 0.771. The molecule has 1 saturated heterocycles. The molecule has 0 spiro atoms. The molecule has 5 nitrogen and oxygen atoms in total. The van der Waals surface area contributed by atoms with E-state index in [1.165, 1.54) is 18.2 Å². The van der Waals surface area contributed by atoms with Crippen molar-refractivity contribution in [2.24, 2.45) is 4.99 Å². The monoisotopic (exact) mass is 436 g/mol. The van der Waals surface area contributed by atoms with Crippen molar-refractivity contribution in [3.63, 3.8) is 0 Å². The minimum atomic E-state index is 0.0411. The second-order valence-electron chi connectivity index (χ2n) is 7.65. The van der Waals surface area contributed by atoms with E-state index >= 15 is 0 Å². The van der Waals surface area contributed by atoms with Gasteiger partial charge in [0.2, 0.25) is 0 Å². The topological polar surface area (TPSA) is 51.1 Å². The molecule has 0 atom stereocenters. The molecule has 2 aliphatic rings. The van der Waals surface area contributed by atoms with Crippen LogP contribution in [0.1, 0.15) is 44.6 Å². The Morgan fingerprint density at radius 1 is 1.10 bits per heavy atom. The fourth-order valence-electron chi connectivity index (χ4n) is 4.04. The molecule has 1 aliphatic carbocycles. The van der Waals surface area contributed by atoms with Gasteiger partial charge < -0.3 is 9.47 Å². The highest BCUT2D eigenvalue weighted by Gasteiger charge is 2.38. The molecule has 0 radical (unpaired) electrons. The van der Waals surface area contributed by atoms with Crippen LogP contribution in [0.25, 0.3) is 6.08 Å². The summed E-state index contributed by atoms with van der Waals surface area (Å²) in [4.78, 5) is 20.9. The van der Waals surface area contributed by atoms with Gasteiger partial charge in [0.15, 0.2) is 16.7 Å². The van der Waals surface area contributed by atoms with E-state index in [0.29, 0.717) is 23.0 Å². The van der Waals surface area contributed by atoms with Crippen molar-refractivity contribution in [3.8, 4) is 11.5 Å². The molecule has 1 amide bonds. The van der Waals surface area contributed by atoms with E-state index in [1.807, 2.05) is 66.4 Å². The highest BCUT2D eigenvalue weighted by atomic mass is 32.2. The Morgan fingerprint density at radius 2 is 1.87 bits per heavy atom. The van der Waals surface area contributed by atoms with Gasteiger partial charge in [-0.05, 0) is 67.4 Å². The third kappa shape index (κ3) is 4.96. The third-order valence-corrected chi connectivity index (χ3v) is 6.53. The van der Waals surface area contributed by atoms with E-state index in [0.717, 1.165) is 42.1 Å². The van der Waals surface area contributed by atoms with Crippen LogP contribution in [0.5, 0.6) is 11.5 Å². The Labute approximate surface area is 188 Å². The number of ether oxygens (including phenoxy) is 2. The first-order chi connectivity index (χ1) is 15.2. The van der Waals surface area contributed by atoms with Gasteiger partial charge in [0.1, 0.15) is 0 Å². The largest absolute Gasteiger partial charge is 0.493 e. The molecule has 4 rings (SSSR count). The molecule has 2 aromatic rings. The summed E-state index contributed by atoms with van der Waals surface area (Å²) in [5.74, 6) is 1.40. The van der Waals surface area contributed by atoms with Crippen LogP contribution in [0, 0.1) is 0 Å².